The highest BCUT2D eigenvalue weighted by molar-refractivity contribution is 5.96. The van der Waals surface area contributed by atoms with E-state index in [-0.39, 0.29) is 23.8 Å². The molecule has 0 heterocycles. The van der Waals surface area contributed by atoms with E-state index in [0.29, 0.717) is 11.4 Å². The van der Waals surface area contributed by atoms with Crippen LogP contribution in [0, 0.1) is 5.41 Å². The molecule has 0 unspecified atom stereocenters. The Labute approximate surface area is 125 Å². The lowest BCUT2D eigenvalue weighted by molar-refractivity contribution is -0.120. The third-order valence-electron chi connectivity index (χ3n) is 2.93. The number of anilines is 2. The summed E-state index contributed by atoms with van der Waals surface area (Å²) in [5.74, 6) is -0.470. The summed E-state index contributed by atoms with van der Waals surface area (Å²) in [7, 11) is 1.46. The first-order chi connectivity index (χ1) is 9.74. The number of benzene rings is 1. The number of carbonyl (C=O) groups excluding carboxylic acids is 2. The summed E-state index contributed by atoms with van der Waals surface area (Å²) in [5.41, 5.74) is 6.84. The first-order valence-electron chi connectivity index (χ1n) is 6.69. The summed E-state index contributed by atoms with van der Waals surface area (Å²) >= 11 is 0. The molecule has 0 bridgehead atoms. The van der Waals surface area contributed by atoms with Crippen LogP contribution in [0.15, 0.2) is 24.3 Å². The van der Waals surface area contributed by atoms with Gasteiger partial charge >= 0.3 is 0 Å². The van der Waals surface area contributed by atoms with Crippen LogP contribution >= 0.6 is 0 Å². The van der Waals surface area contributed by atoms with Crippen LogP contribution in [0.1, 0.15) is 20.8 Å². The first kappa shape index (κ1) is 17.1. The minimum absolute atomic E-state index is 0.00107. The predicted octanol–water partition coefficient (Wildman–Crippen LogP) is 1.58. The van der Waals surface area contributed by atoms with Gasteiger partial charge in [0, 0.05) is 18.5 Å². The Morgan fingerprint density at radius 2 is 1.62 bits per heavy atom. The minimum Gasteiger partial charge on any atom is -0.375 e. The quantitative estimate of drug-likeness (QED) is 0.768. The Balaban J connectivity index is 2.63. The molecule has 0 fully saturated rings. The van der Waals surface area contributed by atoms with Crippen molar-refractivity contribution in [1.82, 2.24) is 0 Å². The molecule has 0 radical (unpaired) electrons. The number of rotatable bonds is 5. The molecule has 1 aromatic carbocycles. The van der Waals surface area contributed by atoms with Crippen LogP contribution in [0.3, 0.4) is 0 Å². The SMILES string of the molecule is COCC(=O)Nc1ccc(NC(=O)[C@@H](N)C(C)(C)C)cc1. The maximum atomic E-state index is 12.0. The van der Waals surface area contributed by atoms with Crippen molar-refractivity contribution in [3.63, 3.8) is 0 Å². The van der Waals surface area contributed by atoms with Gasteiger partial charge in [0.1, 0.15) is 6.61 Å². The summed E-state index contributed by atoms with van der Waals surface area (Å²) in [6.07, 6.45) is 0. The fourth-order valence-corrected chi connectivity index (χ4v) is 1.58. The van der Waals surface area contributed by atoms with Crippen LogP contribution in [0.5, 0.6) is 0 Å². The van der Waals surface area contributed by atoms with Crippen molar-refractivity contribution < 1.29 is 14.3 Å². The third-order valence-corrected chi connectivity index (χ3v) is 2.93. The molecule has 1 atom stereocenters. The lowest BCUT2D eigenvalue weighted by Crippen LogP contribution is -2.45. The molecule has 0 spiro atoms. The Hall–Kier alpha value is -1.92. The molecule has 6 heteroatoms. The van der Waals surface area contributed by atoms with Gasteiger partial charge in [0.25, 0.3) is 0 Å². The lowest BCUT2D eigenvalue weighted by atomic mass is 9.87. The fraction of sp³-hybridized carbons (Fsp3) is 0.467. The van der Waals surface area contributed by atoms with Crippen LogP contribution in [0.2, 0.25) is 0 Å². The van der Waals surface area contributed by atoms with E-state index in [1.165, 1.54) is 7.11 Å². The highest BCUT2D eigenvalue weighted by Crippen LogP contribution is 2.19. The van der Waals surface area contributed by atoms with Crippen LogP contribution < -0.4 is 16.4 Å². The van der Waals surface area contributed by atoms with E-state index >= 15 is 0 Å². The van der Waals surface area contributed by atoms with E-state index in [1.807, 2.05) is 20.8 Å². The van der Waals surface area contributed by atoms with E-state index in [0.717, 1.165) is 0 Å². The van der Waals surface area contributed by atoms with Gasteiger partial charge in [0.15, 0.2) is 0 Å². The Bertz CT molecular complexity index is 492. The maximum absolute atomic E-state index is 12.0. The predicted molar refractivity (Wildman–Crippen MR) is 83.0 cm³/mol. The average molecular weight is 293 g/mol. The molecule has 21 heavy (non-hydrogen) atoms. The molecular weight excluding hydrogens is 270 g/mol. The molecule has 0 aromatic heterocycles. The van der Waals surface area contributed by atoms with Crippen LogP contribution in [0.4, 0.5) is 11.4 Å². The molecule has 6 nitrogen and oxygen atoms in total. The normalized spacial score (nSPS) is 12.6. The van der Waals surface area contributed by atoms with Crippen molar-refractivity contribution in [2.45, 2.75) is 26.8 Å². The second-order valence-electron chi connectivity index (χ2n) is 5.89. The van der Waals surface area contributed by atoms with Gasteiger partial charge in [0.05, 0.1) is 6.04 Å². The minimum atomic E-state index is -0.599. The third kappa shape index (κ3) is 5.53. The van der Waals surface area contributed by atoms with Crippen molar-refractivity contribution in [3.05, 3.63) is 24.3 Å². The van der Waals surface area contributed by atoms with E-state index in [4.69, 9.17) is 10.5 Å². The molecule has 0 aliphatic heterocycles. The Kier molecular flexibility index (Phi) is 5.87. The number of hydrogen-bond acceptors (Lipinski definition) is 4. The molecule has 116 valence electrons. The largest absolute Gasteiger partial charge is 0.375 e. The topological polar surface area (TPSA) is 93.5 Å². The zero-order valence-electron chi connectivity index (χ0n) is 12.9. The first-order valence-corrected chi connectivity index (χ1v) is 6.69. The van der Waals surface area contributed by atoms with Crippen LogP contribution in [-0.4, -0.2) is 31.6 Å². The molecule has 0 aliphatic carbocycles. The number of nitrogens with one attached hydrogen (secondary N) is 2. The summed E-state index contributed by atoms with van der Waals surface area (Å²) in [5, 5.41) is 5.42. The molecule has 1 aromatic rings. The van der Waals surface area contributed by atoms with Crippen LogP contribution in [-0.2, 0) is 14.3 Å². The fourth-order valence-electron chi connectivity index (χ4n) is 1.58. The molecule has 0 aliphatic rings. The number of carbonyl (C=O) groups is 2. The molecular formula is C15H23N3O3. The molecule has 0 saturated carbocycles. The molecule has 0 saturated heterocycles. The van der Waals surface area contributed by atoms with Crippen molar-refractivity contribution in [3.8, 4) is 0 Å². The summed E-state index contributed by atoms with van der Waals surface area (Å²) in [6, 6.07) is 6.21. The number of ether oxygens (including phenoxy) is 1. The molecule has 2 amide bonds. The van der Waals surface area contributed by atoms with Crippen molar-refractivity contribution >= 4 is 23.2 Å². The molecule has 1 rings (SSSR count). The van der Waals surface area contributed by atoms with Gasteiger partial charge in [-0.15, -0.1) is 0 Å². The van der Waals surface area contributed by atoms with E-state index in [9.17, 15) is 9.59 Å². The summed E-state index contributed by atoms with van der Waals surface area (Å²) in [6.45, 7) is 5.72. The second-order valence-corrected chi connectivity index (χ2v) is 5.89. The average Bonchev–Trinajstić information content (AvgIpc) is 2.39. The number of amides is 2. The van der Waals surface area contributed by atoms with E-state index in [2.05, 4.69) is 10.6 Å². The highest BCUT2D eigenvalue weighted by atomic mass is 16.5. The lowest BCUT2D eigenvalue weighted by Gasteiger charge is -2.25. The summed E-state index contributed by atoms with van der Waals surface area (Å²) in [4.78, 5) is 23.3. The van der Waals surface area contributed by atoms with Gasteiger partial charge < -0.3 is 21.1 Å². The van der Waals surface area contributed by atoms with Gasteiger partial charge in [-0.1, -0.05) is 20.8 Å². The van der Waals surface area contributed by atoms with E-state index < -0.39 is 6.04 Å². The zero-order chi connectivity index (χ0) is 16.0. The van der Waals surface area contributed by atoms with Gasteiger partial charge in [-0.25, -0.2) is 0 Å². The van der Waals surface area contributed by atoms with Crippen molar-refractivity contribution in [1.29, 1.82) is 0 Å². The van der Waals surface area contributed by atoms with Crippen molar-refractivity contribution in [2.24, 2.45) is 11.1 Å². The van der Waals surface area contributed by atoms with Gasteiger partial charge in [-0.3, -0.25) is 9.59 Å². The van der Waals surface area contributed by atoms with Gasteiger partial charge in [-0.05, 0) is 29.7 Å². The Morgan fingerprint density at radius 1 is 1.14 bits per heavy atom. The van der Waals surface area contributed by atoms with Gasteiger partial charge in [-0.2, -0.15) is 0 Å². The van der Waals surface area contributed by atoms with Gasteiger partial charge in [0.2, 0.25) is 11.8 Å². The number of nitrogens with two attached hydrogens (primary N) is 1. The highest BCUT2D eigenvalue weighted by Gasteiger charge is 2.27. The molecule has 4 N–H and O–H groups in total. The van der Waals surface area contributed by atoms with E-state index in [1.54, 1.807) is 24.3 Å². The number of hydrogen-bond donors (Lipinski definition) is 3. The smallest absolute Gasteiger partial charge is 0.250 e. The zero-order valence-corrected chi connectivity index (χ0v) is 12.9. The van der Waals surface area contributed by atoms with Crippen molar-refractivity contribution in [2.75, 3.05) is 24.4 Å². The monoisotopic (exact) mass is 293 g/mol. The Morgan fingerprint density at radius 3 is 2.05 bits per heavy atom. The summed E-state index contributed by atoms with van der Waals surface area (Å²) < 4.78 is 4.73. The maximum Gasteiger partial charge on any atom is 0.250 e. The second kappa shape index (κ2) is 7.19. The van der Waals surface area contributed by atoms with Crippen LogP contribution in [0.25, 0.3) is 0 Å². The standard InChI is InChI=1S/C15H23N3O3/c1-15(2,3)13(16)14(20)18-11-7-5-10(6-8-11)17-12(19)9-21-4/h5-8,13H,9,16H2,1-4H3,(H,17,19)(H,18,20)/t13-/m1/s1. The number of methoxy groups -OCH3 is 1.